The van der Waals surface area contributed by atoms with Gasteiger partial charge in [-0.2, -0.15) is 0 Å². The molecule has 3 aromatic carbocycles. The Bertz CT molecular complexity index is 1210. The van der Waals surface area contributed by atoms with Gasteiger partial charge in [-0.15, -0.1) is 0 Å². The molecule has 1 heterocycles. The third-order valence-electron chi connectivity index (χ3n) is 5.65. The van der Waals surface area contributed by atoms with Crippen LogP contribution in [0.3, 0.4) is 0 Å². The van der Waals surface area contributed by atoms with E-state index in [2.05, 4.69) is 15.5 Å². The molecule has 34 heavy (non-hydrogen) atoms. The first kappa shape index (κ1) is 22.9. The monoisotopic (exact) mass is 462 g/mol. The number of hydrogen-bond donors (Lipinski definition) is 2. The van der Waals surface area contributed by atoms with Gasteiger partial charge in [-0.3, -0.25) is 19.7 Å². The van der Waals surface area contributed by atoms with Crippen molar-refractivity contribution in [3.8, 4) is 0 Å². The molecule has 3 aromatic rings. The number of nitro benzene ring substituents is 1. The van der Waals surface area contributed by atoms with Crippen LogP contribution in [0.4, 0.5) is 21.5 Å². The predicted octanol–water partition coefficient (Wildman–Crippen LogP) is 4.52. The van der Waals surface area contributed by atoms with Crippen LogP contribution in [-0.4, -0.2) is 29.8 Å². The summed E-state index contributed by atoms with van der Waals surface area (Å²) in [7, 11) is 0. The molecule has 1 saturated heterocycles. The second-order valence-corrected chi connectivity index (χ2v) is 7.99. The van der Waals surface area contributed by atoms with E-state index in [9.17, 15) is 24.1 Å². The van der Waals surface area contributed by atoms with Gasteiger partial charge in [0, 0.05) is 48.7 Å². The van der Waals surface area contributed by atoms with Crippen molar-refractivity contribution in [2.75, 3.05) is 23.3 Å². The molecule has 0 atom stereocenters. The smallest absolute Gasteiger partial charge is 0.269 e. The summed E-state index contributed by atoms with van der Waals surface area (Å²) in [4.78, 5) is 38.1. The fourth-order valence-corrected chi connectivity index (χ4v) is 3.85. The van der Waals surface area contributed by atoms with E-state index >= 15 is 0 Å². The molecule has 0 spiro atoms. The van der Waals surface area contributed by atoms with Crippen molar-refractivity contribution in [3.63, 3.8) is 0 Å². The SMILES string of the molecule is O=C(Nc1ccc(N2CCCC2)c(C(=O)NCc2ccc(F)cc2)c1)c1ccc([N+](=O)[O-])cc1. The molecular weight excluding hydrogens is 439 g/mol. The molecule has 0 aromatic heterocycles. The number of carbonyl (C=O) groups is 2. The number of rotatable bonds is 7. The van der Waals surface area contributed by atoms with Crippen LogP contribution in [0.15, 0.2) is 66.7 Å². The molecule has 0 saturated carbocycles. The Morgan fingerprint density at radius 1 is 0.941 bits per heavy atom. The highest BCUT2D eigenvalue weighted by molar-refractivity contribution is 6.06. The molecule has 0 radical (unpaired) electrons. The number of nitro groups is 1. The standard InChI is InChI=1S/C25H23FN4O4/c26-19-7-3-17(4-8-19)16-27-25(32)22-15-20(9-12-23(22)29-13-1-2-14-29)28-24(31)18-5-10-21(11-6-18)30(33)34/h3-12,15H,1-2,13-14,16H2,(H,27,32)(H,28,31). The minimum atomic E-state index is -0.532. The Hall–Kier alpha value is -4.27. The molecule has 2 amide bonds. The topological polar surface area (TPSA) is 105 Å². The normalized spacial score (nSPS) is 12.9. The van der Waals surface area contributed by atoms with Crippen LogP contribution in [0.2, 0.25) is 0 Å². The van der Waals surface area contributed by atoms with Crippen molar-refractivity contribution in [3.05, 3.63) is 99.4 Å². The molecule has 1 aliphatic rings. The molecular formula is C25H23FN4O4. The van der Waals surface area contributed by atoms with Crippen LogP contribution < -0.4 is 15.5 Å². The van der Waals surface area contributed by atoms with Gasteiger partial charge < -0.3 is 15.5 Å². The molecule has 0 unspecified atom stereocenters. The number of nitrogens with zero attached hydrogens (tertiary/aromatic N) is 2. The lowest BCUT2D eigenvalue weighted by Gasteiger charge is -2.22. The zero-order valence-corrected chi connectivity index (χ0v) is 18.3. The van der Waals surface area contributed by atoms with Gasteiger partial charge in [0.1, 0.15) is 5.82 Å². The Balaban J connectivity index is 1.53. The van der Waals surface area contributed by atoms with Gasteiger partial charge in [-0.25, -0.2) is 4.39 Å². The number of carbonyl (C=O) groups excluding carboxylic acids is 2. The van der Waals surface area contributed by atoms with Crippen molar-refractivity contribution in [2.45, 2.75) is 19.4 Å². The summed E-state index contributed by atoms with van der Waals surface area (Å²) in [6.07, 6.45) is 2.07. The lowest BCUT2D eigenvalue weighted by Crippen LogP contribution is -2.27. The molecule has 1 fully saturated rings. The highest BCUT2D eigenvalue weighted by Gasteiger charge is 2.21. The molecule has 2 N–H and O–H groups in total. The minimum Gasteiger partial charge on any atom is -0.371 e. The van der Waals surface area contributed by atoms with E-state index in [4.69, 9.17) is 0 Å². The van der Waals surface area contributed by atoms with Crippen LogP contribution in [0.25, 0.3) is 0 Å². The van der Waals surface area contributed by atoms with Gasteiger partial charge in [-0.05, 0) is 60.9 Å². The second kappa shape index (κ2) is 10.1. The lowest BCUT2D eigenvalue weighted by molar-refractivity contribution is -0.384. The van der Waals surface area contributed by atoms with Crippen molar-refractivity contribution >= 4 is 28.9 Å². The average molecular weight is 462 g/mol. The van der Waals surface area contributed by atoms with Crippen LogP contribution in [-0.2, 0) is 6.54 Å². The van der Waals surface area contributed by atoms with Crippen LogP contribution >= 0.6 is 0 Å². The zero-order valence-electron chi connectivity index (χ0n) is 18.3. The maximum Gasteiger partial charge on any atom is 0.269 e. The average Bonchev–Trinajstić information content (AvgIpc) is 3.38. The van der Waals surface area contributed by atoms with Gasteiger partial charge in [0.25, 0.3) is 17.5 Å². The summed E-state index contributed by atoms with van der Waals surface area (Å²) in [5.74, 6) is -1.10. The summed E-state index contributed by atoms with van der Waals surface area (Å²) >= 11 is 0. The number of non-ortho nitro benzene ring substituents is 1. The number of anilines is 2. The van der Waals surface area contributed by atoms with Gasteiger partial charge in [0.05, 0.1) is 10.5 Å². The third kappa shape index (κ3) is 5.37. The lowest BCUT2D eigenvalue weighted by atomic mass is 10.1. The first-order valence-corrected chi connectivity index (χ1v) is 10.9. The van der Waals surface area contributed by atoms with Gasteiger partial charge in [0.2, 0.25) is 0 Å². The molecule has 9 heteroatoms. The first-order chi connectivity index (χ1) is 16.4. The number of benzene rings is 3. The Kier molecular flexibility index (Phi) is 6.82. The number of amides is 2. The van der Waals surface area contributed by atoms with Crippen LogP contribution in [0, 0.1) is 15.9 Å². The first-order valence-electron chi connectivity index (χ1n) is 10.9. The molecule has 8 nitrogen and oxygen atoms in total. The maximum absolute atomic E-state index is 13.1. The van der Waals surface area contributed by atoms with Crippen molar-refractivity contribution < 1.29 is 18.9 Å². The number of nitrogens with one attached hydrogen (secondary N) is 2. The fourth-order valence-electron chi connectivity index (χ4n) is 3.85. The van der Waals surface area contributed by atoms with E-state index in [1.807, 2.05) is 6.07 Å². The van der Waals surface area contributed by atoms with E-state index < -0.39 is 10.8 Å². The maximum atomic E-state index is 13.1. The summed E-state index contributed by atoms with van der Waals surface area (Å²) < 4.78 is 13.1. The van der Waals surface area contributed by atoms with E-state index in [0.717, 1.165) is 37.2 Å². The zero-order chi connectivity index (χ0) is 24.1. The second-order valence-electron chi connectivity index (χ2n) is 7.99. The van der Waals surface area contributed by atoms with Crippen molar-refractivity contribution in [1.29, 1.82) is 0 Å². The van der Waals surface area contributed by atoms with Gasteiger partial charge in [-0.1, -0.05) is 12.1 Å². The van der Waals surface area contributed by atoms with Crippen molar-refractivity contribution in [1.82, 2.24) is 5.32 Å². The number of hydrogen-bond acceptors (Lipinski definition) is 5. The van der Waals surface area contributed by atoms with Crippen LogP contribution in [0.1, 0.15) is 39.1 Å². The molecule has 1 aliphatic heterocycles. The molecule has 0 aliphatic carbocycles. The largest absolute Gasteiger partial charge is 0.371 e. The van der Waals surface area contributed by atoms with Gasteiger partial charge >= 0.3 is 0 Å². The van der Waals surface area contributed by atoms with E-state index in [1.54, 1.807) is 24.3 Å². The predicted molar refractivity (Wildman–Crippen MR) is 127 cm³/mol. The molecule has 0 bridgehead atoms. The van der Waals surface area contributed by atoms with E-state index in [-0.39, 0.29) is 29.5 Å². The summed E-state index contributed by atoms with van der Waals surface area (Å²) in [5, 5.41) is 16.4. The minimum absolute atomic E-state index is 0.105. The Labute approximate surface area is 195 Å². The van der Waals surface area contributed by atoms with E-state index in [0.29, 0.717) is 11.3 Å². The highest BCUT2D eigenvalue weighted by Crippen LogP contribution is 2.28. The summed E-state index contributed by atoms with van der Waals surface area (Å²) in [6, 6.07) is 16.3. The van der Waals surface area contributed by atoms with Crippen LogP contribution in [0.5, 0.6) is 0 Å². The quantitative estimate of drug-likeness (QED) is 0.397. The van der Waals surface area contributed by atoms with E-state index in [1.165, 1.54) is 36.4 Å². The van der Waals surface area contributed by atoms with Crippen molar-refractivity contribution in [2.24, 2.45) is 0 Å². The fraction of sp³-hybridized carbons (Fsp3) is 0.200. The molecule has 4 rings (SSSR count). The Morgan fingerprint density at radius 2 is 1.62 bits per heavy atom. The highest BCUT2D eigenvalue weighted by atomic mass is 19.1. The summed E-state index contributed by atoms with van der Waals surface area (Å²) in [5.41, 5.74) is 2.55. The van der Waals surface area contributed by atoms with Gasteiger partial charge in [0.15, 0.2) is 0 Å². The third-order valence-corrected chi connectivity index (χ3v) is 5.65. The molecule has 174 valence electrons. The Morgan fingerprint density at radius 3 is 2.26 bits per heavy atom. The summed E-state index contributed by atoms with van der Waals surface area (Å²) in [6.45, 7) is 1.91. The number of halogens is 1.